The highest BCUT2D eigenvalue weighted by Crippen LogP contribution is 2.39. The number of nitrogens with zero attached hydrogens (tertiary/aromatic N) is 2. The van der Waals surface area contributed by atoms with E-state index in [0.29, 0.717) is 11.5 Å². The Balaban J connectivity index is 1.77. The van der Waals surface area contributed by atoms with Gasteiger partial charge in [-0.2, -0.15) is 5.26 Å². The van der Waals surface area contributed by atoms with Gasteiger partial charge in [-0.15, -0.1) is 0 Å². The van der Waals surface area contributed by atoms with Crippen LogP contribution in [0.15, 0.2) is 77.3 Å². The van der Waals surface area contributed by atoms with Crippen LogP contribution >= 0.6 is 0 Å². The smallest absolute Gasteiger partial charge is 0.212 e. The lowest BCUT2D eigenvalue weighted by Gasteiger charge is -2.08. The number of nitriles is 1. The molecule has 3 aromatic carbocycles. The van der Waals surface area contributed by atoms with Crippen molar-refractivity contribution in [2.24, 2.45) is 7.05 Å². The molecule has 0 fully saturated rings. The second-order valence-corrected chi connectivity index (χ2v) is 8.76. The van der Waals surface area contributed by atoms with Crippen LogP contribution in [-0.2, 0) is 7.05 Å². The summed E-state index contributed by atoms with van der Waals surface area (Å²) < 4.78 is 8.63. The van der Waals surface area contributed by atoms with E-state index in [1.54, 1.807) is 0 Å². The molecule has 3 nitrogen and oxygen atoms in total. The Labute approximate surface area is 188 Å². The maximum absolute atomic E-state index is 9.63. The van der Waals surface area contributed by atoms with Gasteiger partial charge in [0, 0.05) is 28.0 Å². The summed E-state index contributed by atoms with van der Waals surface area (Å²) in [4.78, 5) is 0. The van der Waals surface area contributed by atoms with Crippen molar-refractivity contribution in [2.45, 2.75) is 26.7 Å². The average molecular weight is 418 g/mol. The molecule has 0 spiro atoms. The Morgan fingerprint density at radius 3 is 2.38 bits per heavy atom. The zero-order chi connectivity index (χ0) is 22.4. The number of aryl methyl sites for hydroxylation is 2. The molecule has 0 radical (unpaired) electrons. The SMILES string of the molecule is Cc1cc2c(cc1-c1ccc(C(C)C)c[n+]1C)oc1c(-c3ccccc3)cc(C#N)cc12. The standard InChI is InChI=1S/C29H25N2O/c1-18(2)22-10-11-27(31(4)17-22)23-15-28-25(12-19(23)3)26-14-20(16-30)13-24(29(26)32-28)21-8-6-5-7-9-21/h5-15,17-18H,1-4H3/q+1. The van der Waals surface area contributed by atoms with Gasteiger partial charge in [-0.25, -0.2) is 4.57 Å². The molecule has 3 heteroatoms. The molecule has 5 rings (SSSR count). The van der Waals surface area contributed by atoms with Crippen molar-refractivity contribution in [1.29, 1.82) is 5.26 Å². The summed E-state index contributed by atoms with van der Waals surface area (Å²) in [7, 11) is 2.09. The normalized spacial score (nSPS) is 11.4. The second kappa shape index (κ2) is 7.66. The van der Waals surface area contributed by atoms with Gasteiger partial charge in [-0.1, -0.05) is 44.2 Å². The number of furan rings is 1. The van der Waals surface area contributed by atoms with Crippen LogP contribution in [0.1, 0.15) is 36.5 Å². The summed E-state index contributed by atoms with van der Waals surface area (Å²) in [5, 5.41) is 11.7. The summed E-state index contributed by atoms with van der Waals surface area (Å²) in [5.41, 5.74) is 9.07. The van der Waals surface area contributed by atoms with Crippen molar-refractivity contribution < 1.29 is 8.98 Å². The molecule has 0 N–H and O–H groups in total. The largest absolute Gasteiger partial charge is 0.455 e. The predicted molar refractivity (Wildman–Crippen MR) is 129 cm³/mol. The first-order chi connectivity index (χ1) is 15.5. The number of pyridine rings is 1. The van der Waals surface area contributed by atoms with E-state index < -0.39 is 0 Å². The third kappa shape index (κ3) is 3.25. The first kappa shape index (κ1) is 20.0. The van der Waals surface area contributed by atoms with Crippen molar-refractivity contribution in [3.05, 3.63) is 89.6 Å². The van der Waals surface area contributed by atoms with Gasteiger partial charge in [-0.05, 0) is 54.3 Å². The summed E-state index contributed by atoms with van der Waals surface area (Å²) in [6.07, 6.45) is 2.20. The molecular weight excluding hydrogens is 392 g/mol. The third-order valence-corrected chi connectivity index (χ3v) is 6.23. The first-order valence-corrected chi connectivity index (χ1v) is 10.9. The summed E-state index contributed by atoms with van der Waals surface area (Å²) in [6, 6.07) is 25.0. The molecule has 32 heavy (non-hydrogen) atoms. The number of benzene rings is 3. The van der Waals surface area contributed by atoms with E-state index in [-0.39, 0.29) is 0 Å². The van der Waals surface area contributed by atoms with E-state index in [2.05, 4.69) is 81.1 Å². The zero-order valence-corrected chi connectivity index (χ0v) is 18.8. The molecule has 0 aliphatic heterocycles. The fourth-order valence-electron chi connectivity index (χ4n) is 4.45. The molecule has 156 valence electrons. The molecule has 0 atom stereocenters. The van der Waals surface area contributed by atoms with Crippen LogP contribution in [0.2, 0.25) is 0 Å². The van der Waals surface area contributed by atoms with Crippen LogP contribution in [0.25, 0.3) is 44.3 Å². The fourth-order valence-corrected chi connectivity index (χ4v) is 4.45. The number of hydrogen-bond acceptors (Lipinski definition) is 2. The lowest BCUT2D eigenvalue weighted by atomic mass is 9.97. The molecule has 0 aliphatic rings. The Hall–Kier alpha value is -3.90. The van der Waals surface area contributed by atoms with Crippen LogP contribution in [0.4, 0.5) is 0 Å². The molecule has 2 heterocycles. The van der Waals surface area contributed by atoms with Crippen molar-refractivity contribution >= 4 is 21.9 Å². The Kier molecular flexibility index (Phi) is 4.79. The van der Waals surface area contributed by atoms with E-state index in [1.165, 1.54) is 11.1 Å². The van der Waals surface area contributed by atoms with Crippen molar-refractivity contribution in [2.75, 3.05) is 0 Å². The summed E-state index contributed by atoms with van der Waals surface area (Å²) in [5.74, 6) is 0.486. The van der Waals surface area contributed by atoms with Gasteiger partial charge in [0.05, 0.1) is 17.2 Å². The Morgan fingerprint density at radius 1 is 0.906 bits per heavy atom. The molecule has 0 amide bonds. The van der Waals surface area contributed by atoms with Crippen LogP contribution in [0, 0.1) is 18.3 Å². The van der Waals surface area contributed by atoms with Gasteiger partial charge in [0.1, 0.15) is 18.2 Å². The molecule has 0 aliphatic carbocycles. The van der Waals surface area contributed by atoms with Gasteiger partial charge >= 0.3 is 0 Å². The minimum atomic E-state index is 0.486. The van der Waals surface area contributed by atoms with E-state index in [0.717, 1.165) is 44.3 Å². The van der Waals surface area contributed by atoms with Gasteiger partial charge in [-0.3, -0.25) is 0 Å². The van der Waals surface area contributed by atoms with Crippen molar-refractivity contribution in [1.82, 2.24) is 0 Å². The van der Waals surface area contributed by atoms with Gasteiger partial charge in [0.15, 0.2) is 6.20 Å². The number of hydrogen-bond donors (Lipinski definition) is 0. The van der Waals surface area contributed by atoms with Crippen molar-refractivity contribution in [3.63, 3.8) is 0 Å². The number of fused-ring (bicyclic) bond motifs is 3. The minimum absolute atomic E-state index is 0.486. The van der Waals surface area contributed by atoms with E-state index in [1.807, 2.05) is 30.3 Å². The molecular formula is C29H25N2O+. The van der Waals surface area contributed by atoms with Gasteiger partial charge < -0.3 is 4.42 Å². The average Bonchev–Trinajstić information content (AvgIpc) is 3.15. The molecule has 0 saturated carbocycles. The lowest BCUT2D eigenvalue weighted by molar-refractivity contribution is -0.660. The summed E-state index contributed by atoms with van der Waals surface area (Å²) in [6.45, 7) is 6.55. The van der Waals surface area contributed by atoms with E-state index in [4.69, 9.17) is 4.42 Å². The topological polar surface area (TPSA) is 40.8 Å². The summed E-state index contributed by atoms with van der Waals surface area (Å²) >= 11 is 0. The number of aromatic nitrogens is 1. The number of rotatable bonds is 3. The predicted octanol–water partition coefficient (Wildman–Crippen LogP) is 7.05. The Bertz CT molecular complexity index is 1520. The third-order valence-electron chi connectivity index (χ3n) is 6.23. The maximum atomic E-state index is 9.63. The van der Waals surface area contributed by atoms with Crippen LogP contribution in [0.3, 0.4) is 0 Å². The van der Waals surface area contributed by atoms with Crippen LogP contribution in [0.5, 0.6) is 0 Å². The van der Waals surface area contributed by atoms with Crippen LogP contribution in [-0.4, -0.2) is 0 Å². The van der Waals surface area contributed by atoms with Crippen LogP contribution < -0.4 is 4.57 Å². The quantitative estimate of drug-likeness (QED) is 0.295. The maximum Gasteiger partial charge on any atom is 0.212 e. The highest BCUT2D eigenvalue weighted by atomic mass is 16.3. The van der Waals surface area contributed by atoms with Gasteiger partial charge in [0.25, 0.3) is 0 Å². The highest BCUT2D eigenvalue weighted by Gasteiger charge is 2.19. The second-order valence-electron chi connectivity index (χ2n) is 8.76. The van der Waals surface area contributed by atoms with Crippen molar-refractivity contribution in [3.8, 4) is 28.5 Å². The highest BCUT2D eigenvalue weighted by molar-refractivity contribution is 6.11. The molecule has 0 bridgehead atoms. The fraction of sp³-hybridized carbons (Fsp3) is 0.172. The van der Waals surface area contributed by atoms with Gasteiger partial charge in [0.2, 0.25) is 5.69 Å². The van der Waals surface area contributed by atoms with E-state index in [9.17, 15) is 5.26 Å². The zero-order valence-electron chi connectivity index (χ0n) is 18.8. The molecule has 2 aromatic heterocycles. The molecule has 5 aromatic rings. The molecule has 0 unspecified atom stereocenters. The molecule has 0 saturated heterocycles. The van der Waals surface area contributed by atoms with E-state index >= 15 is 0 Å². The minimum Gasteiger partial charge on any atom is -0.455 e. The lowest BCUT2D eigenvalue weighted by Crippen LogP contribution is -2.31. The first-order valence-electron chi connectivity index (χ1n) is 10.9. The monoisotopic (exact) mass is 417 g/mol. The Morgan fingerprint density at radius 2 is 1.69 bits per heavy atom.